The summed E-state index contributed by atoms with van der Waals surface area (Å²) in [5.74, 6) is 0. The Morgan fingerprint density at radius 3 is 2.66 bits per heavy atom. The molecular formula is C22H22F3N5O2. The molecule has 3 aromatic rings. The van der Waals surface area contributed by atoms with Gasteiger partial charge in [0.1, 0.15) is 11.2 Å². The van der Waals surface area contributed by atoms with Gasteiger partial charge < -0.3 is 10.0 Å². The number of rotatable bonds is 4. The molecule has 0 aliphatic carbocycles. The molecule has 0 saturated heterocycles. The first-order valence-corrected chi connectivity index (χ1v) is 10.1. The van der Waals surface area contributed by atoms with Crippen LogP contribution in [-0.2, 0) is 6.18 Å². The van der Waals surface area contributed by atoms with Crippen molar-refractivity contribution in [2.75, 3.05) is 26.7 Å². The average molecular weight is 445 g/mol. The van der Waals surface area contributed by atoms with Gasteiger partial charge in [0.05, 0.1) is 35.8 Å². The van der Waals surface area contributed by atoms with E-state index in [-0.39, 0.29) is 17.6 Å². The molecule has 7 nitrogen and oxygen atoms in total. The Kier molecular flexibility index (Phi) is 5.83. The van der Waals surface area contributed by atoms with Crippen molar-refractivity contribution in [3.05, 3.63) is 58.5 Å². The first-order chi connectivity index (χ1) is 15.2. The SMILES string of the molecule is C[C@@H](CO)n1cnc2c(C3=CCCN(C)C3)nc(-c3ccc(C(F)(F)F)nc3)cc2c1=O. The first kappa shape index (κ1) is 22.1. The monoisotopic (exact) mass is 445 g/mol. The van der Waals surface area contributed by atoms with Crippen molar-refractivity contribution in [2.45, 2.75) is 25.6 Å². The van der Waals surface area contributed by atoms with Gasteiger partial charge in [0.2, 0.25) is 0 Å². The Bertz CT molecular complexity index is 1240. The van der Waals surface area contributed by atoms with Gasteiger partial charge in [-0.15, -0.1) is 0 Å². The molecule has 0 spiro atoms. The number of aliphatic hydroxyl groups is 1. The number of hydrogen-bond acceptors (Lipinski definition) is 6. The van der Waals surface area contributed by atoms with Crippen LogP contribution < -0.4 is 5.56 Å². The van der Waals surface area contributed by atoms with E-state index in [4.69, 9.17) is 0 Å². The fraction of sp³-hybridized carbons (Fsp3) is 0.364. The minimum absolute atomic E-state index is 0.239. The van der Waals surface area contributed by atoms with Crippen LogP contribution in [0.15, 0.2) is 41.6 Å². The summed E-state index contributed by atoms with van der Waals surface area (Å²) in [5.41, 5.74) is 1.16. The summed E-state index contributed by atoms with van der Waals surface area (Å²) in [6.07, 6.45) is 0.798. The second-order valence-corrected chi connectivity index (χ2v) is 7.93. The summed E-state index contributed by atoms with van der Waals surface area (Å²) >= 11 is 0. The van der Waals surface area contributed by atoms with Crippen LogP contribution in [0.2, 0.25) is 0 Å². The van der Waals surface area contributed by atoms with Gasteiger partial charge in [0, 0.05) is 24.8 Å². The Labute approximate surface area is 181 Å². The standard InChI is InChI=1S/C22H22F3N5O2/c1-13(11-31)30-12-27-20-16(21(30)32)8-17(14-5-6-18(26-9-14)22(23,24)25)28-19(20)15-4-3-7-29(2)10-15/h4-6,8-9,12-13,31H,3,7,10-11H2,1-2H3/t13-/m0/s1. The molecule has 10 heteroatoms. The molecular weight excluding hydrogens is 423 g/mol. The molecule has 32 heavy (non-hydrogen) atoms. The van der Waals surface area contributed by atoms with E-state index in [0.29, 0.717) is 29.0 Å². The Balaban J connectivity index is 1.94. The van der Waals surface area contributed by atoms with E-state index in [1.54, 1.807) is 6.92 Å². The minimum Gasteiger partial charge on any atom is -0.394 e. The lowest BCUT2D eigenvalue weighted by Gasteiger charge is -2.23. The third-order valence-electron chi connectivity index (χ3n) is 5.50. The number of hydrogen-bond donors (Lipinski definition) is 1. The highest BCUT2D eigenvalue weighted by Crippen LogP contribution is 2.31. The molecule has 4 rings (SSSR count). The maximum Gasteiger partial charge on any atom is 0.433 e. The third-order valence-corrected chi connectivity index (χ3v) is 5.50. The van der Waals surface area contributed by atoms with Crippen LogP contribution >= 0.6 is 0 Å². The van der Waals surface area contributed by atoms with Crippen LogP contribution in [0.4, 0.5) is 13.2 Å². The lowest BCUT2D eigenvalue weighted by molar-refractivity contribution is -0.141. The summed E-state index contributed by atoms with van der Waals surface area (Å²) < 4.78 is 40.1. The van der Waals surface area contributed by atoms with Gasteiger partial charge in [0.15, 0.2) is 0 Å². The Hall–Kier alpha value is -3.11. The van der Waals surface area contributed by atoms with Crippen molar-refractivity contribution >= 4 is 16.5 Å². The molecule has 168 valence electrons. The van der Waals surface area contributed by atoms with Crippen LogP contribution in [-0.4, -0.2) is 56.3 Å². The fourth-order valence-corrected chi connectivity index (χ4v) is 3.70. The average Bonchev–Trinajstić information content (AvgIpc) is 2.78. The van der Waals surface area contributed by atoms with Gasteiger partial charge in [-0.2, -0.15) is 13.2 Å². The zero-order valence-electron chi connectivity index (χ0n) is 17.6. The first-order valence-electron chi connectivity index (χ1n) is 10.1. The second kappa shape index (κ2) is 8.44. The zero-order chi connectivity index (χ0) is 23.0. The molecule has 1 atom stereocenters. The maximum atomic E-state index is 13.2. The van der Waals surface area contributed by atoms with Gasteiger partial charge in [-0.25, -0.2) is 9.97 Å². The van der Waals surface area contributed by atoms with Crippen molar-refractivity contribution in [3.8, 4) is 11.3 Å². The molecule has 0 amide bonds. The van der Waals surface area contributed by atoms with Gasteiger partial charge >= 0.3 is 6.18 Å². The summed E-state index contributed by atoms with van der Waals surface area (Å²) in [6.45, 7) is 2.94. The Morgan fingerprint density at radius 1 is 1.25 bits per heavy atom. The summed E-state index contributed by atoms with van der Waals surface area (Å²) in [4.78, 5) is 28.0. The lowest BCUT2D eigenvalue weighted by atomic mass is 10.0. The highest BCUT2D eigenvalue weighted by molar-refractivity contribution is 5.91. The summed E-state index contributed by atoms with van der Waals surface area (Å²) in [6, 6.07) is 3.23. The van der Waals surface area contributed by atoms with Crippen molar-refractivity contribution in [1.82, 2.24) is 24.4 Å². The predicted octanol–water partition coefficient (Wildman–Crippen LogP) is 3.14. The molecule has 0 radical (unpaired) electrons. The van der Waals surface area contributed by atoms with E-state index >= 15 is 0 Å². The summed E-state index contributed by atoms with van der Waals surface area (Å²) in [7, 11) is 1.97. The summed E-state index contributed by atoms with van der Waals surface area (Å²) in [5, 5.41) is 9.76. The number of fused-ring (bicyclic) bond motifs is 1. The molecule has 3 aromatic heterocycles. The van der Waals surface area contributed by atoms with Crippen molar-refractivity contribution < 1.29 is 18.3 Å². The Morgan fingerprint density at radius 2 is 2.03 bits per heavy atom. The second-order valence-electron chi connectivity index (χ2n) is 7.93. The molecule has 0 fully saturated rings. The minimum atomic E-state index is -4.55. The number of aromatic nitrogens is 4. The number of likely N-dealkylation sites (N-methyl/N-ethyl adjacent to an activating group) is 1. The third kappa shape index (κ3) is 4.15. The molecule has 0 saturated carbocycles. The number of alkyl halides is 3. The topological polar surface area (TPSA) is 84.1 Å². The van der Waals surface area contributed by atoms with Crippen molar-refractivity contribution in [2.24, 2.45) is 0 Å². The molecule has 0 unspecified atom stereocenters. The van der Waals surface area contributed by atoms with E-state index in [9.17, 15) is 23.1 Å². The molecule has 0 aromatic carbocycles. The van der Waals surface area contributed by atoms with Crippen LogP contribution in [0.3, 0.4) is 0 Å². The van der Waals surface area contributed by atoms with Gasteiger partial charge in [0.25, 0.3) is 5.56 Å². The van der Waals surface area contributed by atoms with Gasteiger partial charge in [-0.05, 0) is 44.2 Å². The number of halogens is 3. The van der Waals surface area contributed by atoms with Crippen LogP contribution in [0.25, 0.3) is 27.7 Å². The van der Waals surface area contributed by atoms with Gasteiger partial charge in [-0.3, -0.25) is 14.3 Å². The quantitative estimate of drug-likeness (QED) is 0.664. The zero-order valence-corrected chi connectivity index (χ0v) is 17.6. The van der Waals surface area contributed by atoms with Crippen LogP contribution in [0.1, 0.15) is 30.8 Å². The van der Waals surface area contributed by atoms with E-state index in [2.05, 4.69) is 19.9 Å². The van der Waals surface area contributed by atoms with Crippen LogP contribution in [0, 0.1) is 0 Å². The van der Waals surface area contributed by atoms with Gasteiger partial charge in [-0.1, -0.05) is 6.08 Å². The van der Waals surface area contributed by atoms with E-state index in [1.165, 1.54) is 23.0 Å². The number of nitrogens with zero attached hydrogens (tertiary/aromatic N) is 5. The molecule has 0 bridgehead atoms. The van der Waals surface area contributed by atoms with Crippen LogP contribution in [0.5, 0.6) is 0 Å². The van der Waals surface area contributed by atoms with E-state index in [1.807, 2.05) is 13.1 Å². The molecule has 4 heterocycles. The fourth-order valence-electron chi connectivity index (χ4n) is 3.70. The molecule has 1 aliphatic rings. The highest BCUT2D eigenvalue weighted by atomic mass is 19.4. The normalized spacial score (nSPS) is 16.2. The number of pyridine rings is 2. The largest absolute Gasteiger partial charge is 0.433 e. The van der Waals surface area contributed by atoms with E-state index in [0.717, 1.165) is 30.8 Å². The molecule has 1 aliphatic heterocycles. The highest BCUT2D eigenvalue weighted by Gasteiger charge is 2.32. The molecule has 1 N–H and O–H groups in total. The number of aliphatic hydroxyl groups excluding tert-OH is 1. The van der Waals surface area contributed by atoms with Crippen molar-refractivity contribution in [3.63, 3.8) is 0 Å². The van der Waals surface area contributed by atoms with E-state index < -0.39 is 17.9 Å². The predicted molar refractivity (Wildman–Crippen MR) is 114 cm³/mol. The maximum absolute atomic E-state index is 13.2. The van der Waals surface area contributed by atoms with Crippen molar-refractivity contribution in [1.29, 1.82) is 0 Å². The smallest absolute Gasteiger partial charge is 0.394 e. The lowest BCUT2D eigenvalue weighted by Crippen LogP contribution is -2.27.